The highest BCUT2D eigenvalue weighted by atomic mass is 16.3. The summed E-state index contributed by atoms with van der Waals surface area (Å²) in [6.45, 7) is 6.50. The molecule has 1 saturated carbocycles. The minimum Gasteiger partial charge on any atom is -0.469 e. The van der Waals surface area contributed by atoms with Gasteiger partial charge in [0.2, 0.25) is 0 Å². The summed E-state index contributed by atoms with van der Waals surface area (Å²) in [6.07, 6.45) is 4.90. The lowest BCUT2D eigenvalue weighted by atomic mass is 9.73. The van der Waals surface area contributed by atoms with E-state index in [0.29, 0.717) is 5.92 Å². The Morgan fingerprint density at radius 1 is 1.25 bits per heavy atom. The average Bonchev–Trinajstić information content (AvgIpc) is 2.62. The van der Waals surface area contributed by atoms with E-state index in [2.05, 4.69) is 13.8 Å². The minimum absolute atomic E-state index is 0.344. The Morgan fingerprint density at radius 3 is 2.38 bits per heavy atom. The van der Waals surface area contributed by atoms with Gasteiger partial charge in [-0.1, -0.05) is 13.8 Å². The first-order chi connectivity index (χ1) is 7.58. The molecule has 0 radical (unpaired) electrons. The number of aliphatic hydroxyl groups is 1. The first-order valence-electron chi connectivity index (χ1n) is 6.30. The fourth-order valence-electron chi connectivity index (χ4n) is 3.22. The molecule has 0 saturated heterocycles. The number of rotatable bonds is 2. The van der Waals surface area contributed by atoms with Gasteiger partial charge in [-0.25, -0.2) is 0 Å². The van der Waals surface area contributed by atoms with E-state index in [-0.39, 0.29) is 6.10 Å². The number of hydrogen-bond acceptors (Lipinski definition) is 2. The third-order valence-electron chi connectivity index (χ3n) is 3.88. The van der Waals surface area contributed by atoms with E-state index in [1.807, 2.05) is 13.0 Å². The third kappa shape index (κ3) is 2.32. The molecule has 2 nitrogen and oxygen atoms in total. The van der Waals surface area contributed by atoms with Gasteiger partial charge in [0.25, 0.3) is 0 Å². The normalized spacial score (nSPS) is 32.6. The molecule has 0 spiro atoms. The zero-order valence-electron chi connectivity index (χ0n) is 10.4. The molecule has 1 aromatic heterocycles. The zero-order chi connectivity index (χ0) is 11.7. The van der Waals surface area contributed by atoms with Crippen molar-refractivity contribution >= 4 is 0 Å². The van der Waals surface area contributed by atoms with Crippen molar-refractivity contribution in [1.82, 2.24) is 0 Å². The van der Waals surface area contributed by atoms with Crippen molar-refractivity contribution in [3.05, 3.63) is 23.7 Å². The van der Waals surface area contributed by atoms with Crippen LogP contribution in [0.1, 0.15) is 50.5 Å². The third-order valence-corrected chi connectivity index (χ3v) is 3.88. The number of furan rings is 1. The number of hydrogen-bond donors (Lipinski definition) is 1. The van der Waals surface area contributed by atoms with Crippen LogP contribution in [-0.2, 0) is 0 Å². The van der Waals surface area contributed by atoms with Gasteiger partial charge in [0, 0.05) is 5.56 Å². The van der Waals surface area contributed by atoms with Crippen molar-refractivity contribution in [3.8, 4) is 0 Å². The van der Waals surface area contributed by atoms with Crippen LogP contribution < -0.4 is 0 Å². The Hall–Kier alpha value is -0.760. The quantitative estimate of drug-likeness (QED) is 0.827. The fraction of sp³-hybridized carbons (Fsp3) is 0.714. The summed E-state index contributed by atoms with van der Waals surface area (Å²) in [5.41, 5.74) is 0.978. The second kappa shape index (κ2) is 4.62. The van der Waals surface area contributed by atoms with E-state index in [0.717, 1.165) is 36.0 Å². The van der Waals surface area contributed by atoms with Gasteiger partial charge in [-0.3, -0.25) is 0 Å². The molecule has 1 aliphatic carbocycles. The van der Waals surface area contributed by atoms with Crippen LogP contribution in [0.4, 0.5) is 0 Å². The smallest absolute Gasteiger partial charge is 0.106 e. The van der Waals surface area contributed by atoms with Crippen LogP contribution in [0.2, 0.25) is 0 Å². The highest BCUT2D eigenvalue weighted by Gasteiger charge is 2.30. The summed E-state index contributed by atoms with van der Waals surface area (Å²) in [4.78, 5) is 0. The second-order valence-electron chi connectivity index (χ2n) is 5.55. The van der Waals surface area contributed by atoms with Crippen molar-refractivity contribution in [2.45, 2.75) is 46.1 Å². The maximum atomic E-state index is 10.4. The van der Waals surface area contributed by atoms with Gasteiger partial charge in [0.15, 0.2) is 0 Å². The van der Waals surface area contributed by atoms with Gasteiger partial charge < -0.3 is 9.52 Å². The summed E-state index contributed by atoms with van der Waals surface area (Å²) in [5, 5.41) is 10.4. The van der Waals surface area contributed by atoms with Gasteiger partial charge in [0.05, 0.1) is 12.4 Å². The first kappa shape index (κ1) is 11.7. The molecular formula is C14H22O2. The molecule has 16 heavy (non-hydrogen) atoms. The van der Waals surface area contributed by atoms with E-state index in [4.69, 9.17) is 4.42 Å². The SMILES string of the molecule is Cc1occc1C(O)C1CC(C)CC(C)C1. The molecule has 2 heteroatoms. The van der Waals surface area contributed by atoms with E-state index in [1.165, 1.54) is 6.42 Å². The van der Waals surface area contributed by atoms with Crippen LogP contribution in [0.3, 0.4) is 0 Å². The van der Waals surface area contributed by atoms with Crippen LogP contribution in [0.5, 0.6) is 0 Å². The Morgan fingerprint density at radius 2 is 1.88 bits per heavy atom. The number of aliphatic hydroxyl groups excluding tert-OH is 1. The lowest BCUT2D eigenvalue weighted by Gasteiger charge is -2.34. The molecule has 0 aromatic carbocycles. The molecule has 90 valence electrons. The monoisotopic (exact) mass is 222 g/mol. The van der Waals surface area contributed by atoms with E-state index >= 15 is 0 Å². The highest BCUT2D eigenvalue weighted by molar-refractivity contribution is 5.19. The summed E-state index contributed by atoms with van der Waals surface area (Å²) in [5.74, 6) is 2.72. The van der Waals surface area contributed by atoms with Crippen molar-refractivity contribution < 1.29 is 9.52 Å². The molecule has 0 aliphatic heterocycles. The van der Waals surface area contributed by atoms with Crippen LogP contribution in [-0.4, -0.2) is 5.11 Å². The van der Waals surface area contributed by atoms with Crippen LogP contribution in [0, 0.1) is 24.7 Å². The highest BCUT2D eigenvalue weighted by Crippen LogP contribution is 2.40. The summed E-state index contributed by atoms with van der Waals surface area (Å²) >= 11 is 0. The zero-order valence-corrected chi connectivity index (χ0v) is 10.4. The summed E-state index contributed by atoms with van der Waals surface area (Å²) < 4.78 is 5.27. The van der Waals surface area contributed by atoms with Gasteiger partial charge in [-0.2, -0.15) is 0 Å². The Kier molecular flexibility index (Phi) is 3.38. The first-order valence-corrected chi connectivity index (χ1v) is 6.30. The van der Waals surface area contributed by atoms with E-state index in [1.54, 1.807) is 6.26 Å². The number of aryl methyl sites for hydroxylation is 1. The summed E-state index contributed by atoms with van der Waals surface area (Å²) in [7, 11) is 0. The largest absolute Gasteiger partial charge is 0.469 e. The van der Waals surface area contributed by atoms with Crippen molar-refractivity contribution in [1.29, 1.82) is 0 Å². The van der Waals surface area contributed by atoms with Crippen molar-refractivity contribution in [3.63, 3.8) is 0 Å². The molecule has 1 fully saturated rings. The lowest BCUT2D eigenvalue weighted by molar-refractivity contribution is 0.0541. The van der Waals surface area contributed by atoms with Crippen LogP contribution >= 0.6 is 0 Å². The summed E-state index contributed by atoms with van der Waals surface area (Å²) in [6, 6.07) is 1.91. The van der Waals surface area contributed by atoms with E-state index < -0.39 is 0 Å². The van der Waals surface area contributed by atoms with Crippen LogP contribution in [0.15, 0.2) is 16.7 Å². The topological polar surface area (TPSA) is 33.4 Å². The van der Waals surface area contributed by atoms with E-state index in [9.17, 15) is 5.11 Å². The Labute approximate surface area is 97.7 Å². The molecule has 1 aliphatic rings. The molecule has 0 amide bonds. The van der Waals surface area contributed by atoms with Gasteiger partial charge in [0.1, 0.15) is 5.76 Å². The predicted octanol–water partition coefficient (Wildman–Crippen LogP) is 3.69. The predicted molar refractivity (Wildman–Crippen MR) is 64.1 cm³/mol. The average molecular weight is 222 g/mol. The Balaban J connectivity index is 2.10. The second-order valence-corrected chi connectivity index (χ2v) is 5.55. The minimum atomic E-state index is -0.344. The van der Waals surface area contributed by atoms with Gasteiger partial charge in [-0.15, -0.1) is 0 Å². The van der Waals surface area contributed by atoms with Gasteiger partial charge in [-0.05, 0) is 50.0 Å². The molecule has 1 heterocycles. The van der Waals surface area contributed by atoms with Crippen LogP contribution in [0.25, 0.3) is 0 Å². The van der Waals surface area contributed by atoms with Crippen molar-refractivity contribution in [2.24, 2.45) is 17.8 Å². The maximum absolute atomic E-state index is 10.4. The molecular weight excluding hydrogens is 200 g/mol. The van der Waals surface area contributed by atoms with Gasteiger partial charge >= 0.3 is 0 Å². The molecule has 0 bridgehead atoms. The standard InChI is InChI=1S/C14H22O2/c1-9-6-10(2)8-12(7-9)14(15)13-4-5-16-11(13)3/h4-5,9-10,12,14-15H,6-8H2,1-3H3. The Bertz CT molecular complexity index is 332. The lowest BCUT2D eigenvalue weighted by Crippen LogP contribution is -2.24. The molecule has 3 unspecified atom stereocenters. The molecule has 1 N–H and O–H groups in total. The maximum Gasteiger partial charge on any atom is 0.106 e. The molecule has 2 rings (SSSR count). The molecule has 3 atom stereocenters. The fourth-order valence-corrected chi connectivity index (χ4v) is 3.22. The molecule has 1 aromatic rings. The van der Waals surface area contributed by atoms with Crippen molar-refractivity contribution in [2.75, 3.05) is 0 Å².